The largest absolute Gasteiger partial charge is 0.497 e. The van der Waals surface area contributed by atoms with E-state index in [1.807, 2.05) is 26.1 Å². The van der Waals surface area contributed by atoms with Crippen LogP contribution in [0, 0.1) is 6.92 Å². The van der Waals surface area contributed by atoms with Crippen LogP contribution in [0.3, 0.4) is 0 Å². The molecule has 0 bridgehead atoms. The monoisotopic (exact) mass is 380 g/mol. The van der Waals surface area contributed by atoms with Gasteiger partial charge in [0.15, 0.2) is 0 Å². The summed E-state index contributed by atoms with van der Waals surface area (Å²) < 4.78 is 6.66. The van der Waals surface area contributed by atoms with Crippen molar-refractivity contribution in [3.63, 3.8) is 0 Å². The van der Waals surface area contributed by atoms with Gasteiger partial charge in [-0.3, -0.25) is 9.69 Å². The first kappa shape index (κ1) is 17.6. The molecule has 0 aliphatic heterocycles. The number of rotatable bonds is 5. The molecule has 2 aromatic carbocycles. The van der Waals surface area contributed by atoms with Gasteiger partial charge in [0.05, 0.1) is 13.7 Å². The predicted molar refractivity (Wildman–Crippen MR) is 108 cm³/mol. The Morgan fingerprint density at radius 1 is 1.11 bits per heavy atom. The van der Waals surface area contributed by atoms with Crippen LogP contribution in [-0.2, 0) is 13.1 Å². The molecule has 2 heterocycles. The lowest BCUT2D eigenvalue weighted by molar-refractivity contribution is 0.317. The molecule has 0 aliphatic carbocycles. The lowest BCUT2D eigenvalue weighted by Crippen LogP contribution is -2.18. The van der Waals surface area contributed by atoms with Crippen LogP contribution in [0.5, 0.6) is 5.75 Å². The molecule has 0 fully saturated rings. The molecule has 7 heteroatoms. The molecule has 0 amide bonds. The summed E-state index contributed by atoms with van der Waals surface area (Å²) in [6, 6.07) is 14.0. The van der Waals surface area contributed by atoms with Gasteiger partial charge >= 0.3 is 0 Å². The summed E-state index contributed by atoms with van der Waals surface area (Å²) >= 11 is 1.46. The van der Waals surface area contributed by atoms with Gasteiger partial charge in [-0.05, 0) is 48.5 Å². The fraction of sp³-hybridized carbons (Fsp3) is 0.250. The van der Waals surface area contributed by atoms with Gasteiger partial charge in [0, 0.05) is 18.3 Å². The minimum absolute atomic E-state index is 0.132. The molecule has 0 unspecified atom stereocenters. The van der Waals surface area contributed by atoms with Gasteiger partial charge in [-0.1, -0.05) is 29.5 Å². The van der Waals surface area contributed by atoms with E-state index in [1.54, 1.807) is 7.11 Å². The molecule has 0 atom stereocenters. The molecule has 0 aliphatic rings. The Balaban J connectivity index is 1.52. The highest BCUT2D eigenvalue weighted by Crippen LogP contribution is 2.23. The first-order chi connectivity index (χ1) is 13.0. The Hall–Kier alpha value is -2.77. The number of nitrogens with zero attached hydrogens (tertiary/aromatic N) is 4. The molecular weight excluding hydrogens is 360 g/mol. The molecule has 6 nitrogen and oxygen atoms in total. The van der Waals surface area contributed by atoms with Crippen LogP contribution >= 0.6 is 11.3 Å². The van der Waals surface area contributed by atoms with E-state index in [2.05, 4.69) is 39.2 Å². The van der Waals surface area contributed by atoms with Crippen molar-refractivity contribution in [3.05, 3.63) is 69.1 Å². The number of methoxy groups -OCH3 is 1. The van der Waals surface area contributed by atoms with Crippen LogP contribution in [0.4, 0.5) is 0 Å². The highest BCUT2D eigenvalue weighted by molar-refractivity contribution is 7.16. The average Bonchev–Trinajstić information content (AvgIpc) is 3.03. The van der Waals surface area contributed by atoms with Gasteiger partial charge < -0.3 is 4.74 Å². The van der Waals surface area contributed by atoms with E-state index in [0.717, 1.165) is 28.4 Å². The van der Waals surface area contributed by atoms with Crippen LogP contribution in [0.1, 0.15) is 16.3 Å². The zero-order chi connectivity index (χ0) is 19.0. The number of hydrogen-bond acceptors (Lipinski definition) is 6. The molecule has 27 heavy (non-hydrogen) atoms. The van der Waals surface area contributed by atoms with Crippen molar-refractivity contribution in [2.45, 2.75) is 20.0 Å². The quantitative estimate of drug-likeness (QED) is 0.532. The van der Waals surface area contributed by atoms with Gasteiger partial charge in [-0.25, -0.2) is 4.98 Å². The summed E-state index contributed by atoms with van der Waals surface area (Å²) in [6.07, 6.45) is 0. The van der Waals surface area contributed by atoms with Gasteiger partial charge in [-0.15, -0.1) is 0 Å². The van der Waals surface area contributed by atoms with E-state index < -0.39 is 0 Å². The maximum absolute atomic E-state index is 12.0. The van der Waals surface area contributed by atoms with Crippen molar-refractivity contribution >= 4 is 27.1 Å². The van der Waals surface area contributed by atoms with Crippen LogP contribution in [-0.4, -0.2) is 33.7 Å². The summed E-state index contributed by atoms with van der Waals surface area (Å²) in [5.74, 6) is 0.863. The predicted octanol–water partition coefficient (Wildman–Crippen LogP) is 3.25. The lowest BCUT2D eigenvalue weighted by atomic mass is 10.1. The van der Waals surface area contributed by atoms with Crippen molar-refractivity contribution < 1.29 is 4.74 Å². The van der Waals surface area contributed by atoms with Crippen molar-refractivity contribution in [1.82, 2.24) is 19.5 Å². The van der Waals surface area contributed by atoms with Gasteiger partial charge in [0.25, 0.3) is 5.56 Å². The van der Waals surface area contributed by atoms with Crippen molar-refractivity contribution in [2.24, 2.45) is 0 Å². The third-order valence-electron chi connectivity index (χ3n) is 4.38. The van der Waals surface area contributed by atoms with Crippen molar-refractivity contribution in [1.29, 1.82) is 0 Å². The Morgan fingerprint density at radius 2 is 1.89 bits per heavy atom. The van der Waals surface area contributed by atoms with Crippen LogP contribution < -0.4 is 10.3 Å². The standard InChI is InChI=1S/C20H20N4O2S/c1-13-8-19(25)24-20(21-13)27-18(22-24)12-23(2)11-14-4-5-16-10-17(26-3)7-6-15(16)9-14/h4-10H,11-12H2,1-3H3. The number of fused-ring (bicyclic) bond motifs is 2. The Bertz CT molecular complexity index is 1180. The zero-order valence-electron chi connectivity index (χ0n) is 15.5. The number of aryl methyl sites for hydroxylation is 1. The van der Waals surface area contributed by atoms with E-state index >= 15 is 0 Å². The second-order valence-corrected chi connectivity index (χ2v) is 7.69. The first-order valence-electron chi connectivity index (χ1n) is 8.63. The highest BCUT2D eigenvalue weighted by Gasteiger charge is 2.10. The van der Waals surface area contributed by atoms with Crippen molar-refractivity contribution in [2.75, 3.05) is 14.2 Å². The summed E-state index contributed by atoms with van der Waals surface area (Å²) in [5.41, 5.74) is 1.81. The molecule has 138 valence electrons. The number of aromatic nitrogens is 3. The molecule has 0 spiro atoms. The average molecular weight is 380 g/mol. The molecule has 2 aromatic heterocycles. The van der Waals surface area contributed by atoms with E-state index in [4.69, 9.17) is 4.74 Å². The Kier molecular flexibility index (Phi) is 4.63. The number of hydrogen-bond donors (Lipinski definition) is 0. The van der Waals surface area contributed by atoms with Gasteiger partial charge in [-0.2, -0.15) is 9.61 Å². The summed E-state index contributed by atoms with van der Waals surface area (Å²) in [4.78, 5) is 19.2. The molecule has 4 rings (SSSR count). The third-order valence-corrected chi connectivity index (χ3v) is 5.28. The zero-order valence-corrected chi connectivity index (χ0v) is 16.3. The smallest absolute Gasteiger partial charge is 0.275 e. The van der Waals surface area contributed by atoms with E-state index in [-0.39, 0.29) is 5.56 Å². The van der Waals surface area contributed by atoms with E-state index in [0.29, 0.717) is 11.5 Å². The Labute approximate surface area is 160 Å². The van der Waals surface area contributed by atoms with E-state index in [1.165, 1.54) is 32.9 Å². The second kappa shape index (κ2) is 7.09. The molecule has 0 radical (unpaired) electrons. The molecule has 0 saturated heterocycles. The van der Waals surface area contributed by atoms with Crippen LogP contribution in [0.15, 0.2) is 47.3 Å². The maximum Gasteiger partial charge on any atom is 0.275 e. The summed E-state index contributed by atoms with van der Waals surface area (Å²) in [6.45, 7) is 3.27. The molecular formula is C20H20N4O2S. The topological polar surface area (TPSA) is 59.7 Å². The molecule has 0 N–H and O–H groups in total. The minimum atomic E-state index is -0.132. The van der Waals surface area contributed by atoms with Gasteiger partial charge in [0.2, 0.25) is 4.96 Å². The SMILES string of the molecule is COc1ccc2cc(CN(C)Cc3nn4c(=O)cc(C)nc4s3)ccc2c1. The van der Waals surface area contributed by atoms with Crippen molar-refractivity contribution in [3.8, 4) is 5.75 Å². The van der Waals surface area contributed by atoms with Crippen LogP contribution in [0.2, 0.25) is 0 Å². The number of ether oxygens (including phenoxy) is 1. The van der Waals surface area contributed by atoms with E-state index in [9.17, 15) is 4.79 Å². The molecule has 4 aromatic rings. The van der Waals surface area contributed by atoms with Crippen LogP contribution in [0.25, 0.3) is 15.7 Å². The third kappa shape index (κ3) is 3.70. The normalized spacial score (nSPS) is 11.6. The minimum Gasteiger partial charge on any atom is -0.497 e. The summed E-state index contributed by atoms with van der Waals surface area (Å²) in [5, 5.41) is 7.63. The number of benzene rings is 2. The van der Waals surface area contributed by atoms with Gasteiger partial charge in [0.1, 0.15) is 10.8 Å². The lowest BCUT2D eigenvalue weighted by Gasteiger charge is -2.15. The highest BCUT2D eigenvalue weighted by atomic mass is 32.1. The fourth-order valence-corrected chi connectivity index (χ4v) is 4.15. The first-order valence-corrected chi connectivity index (χ1v) is 9.45. The summed E-state index contributed by atoms with van der Waals surface area (Å²) in [7, 11) is 3.73. The maximum atomic E-state index is 12.0. The fourth-order valence-electron chi connectivity index (χ4n) is 3.12. The second-order valence-electron chi connectivity index (χ2n) is 6.65. The Morgan fingerprint density at radius 3 is 2.70 bits per heavy atom. The molecule has 0 saturated carbocycles.